The topological polar surface area (TPSA) is 71.3 Å². The van der Waals surface area contributed by atoms with Crippen LogP contribution in [0.15, 0.2) is 53.1 Å². The Hall–Kier alpha value is -2.99. The van der Waals surface area contributed by atoms with Gasteiger partial charge in [0.05, 0.1) is 12.6 Å². The van der Waals surface area contributed by atoms with Crippen LogP contribution in [-0.2, 0) is 11.3 Å². The molecule has 1 aliphatic rings. The lowest BCUT2D eigenvalue weighted by atomic mass is 9.93. The van der Waals surface area contributed by atoms with E-state index in [2.05, 4.69) is 59.3 Å². The van der Waals surface area contributed by atoms with E-state index in [-0.39, 0.29) is 17.9 Å². The molecule has 0 spiro atoms. The fourth-order valence-electron chi connectivity index (χ4n) is 4.47. The van der Waals surface area contributed by atoms with Crippen LogP contribution in [0.25, 0.3) is 11.4 Å². The first-order valence-corrected chi connectivity index (χ1v) is 11.5. The third-order valence-corrected chi connectivity index (χ3v) is 6.34. The number of carbonyl (C=O) groups is 1. The van der Waals surface area contributed by atoms with Gasteiger partial charge >= 0.3 is 0 Å². The number of likely N-dealkylation sites (tertiary alicyclic amines) is 1. The summed E-state index contributed by atoms with van der Waals surface area (Å²) in [5.41, 5.74) is 4.65. The van der Waals surface area contributed by atoms with Gasteiger partial charge in [-0.2, -0.15) is 4.98 Å². The van der Waals surface area contributed by atoms with E-state index in [1.807, 2.05) is 30.3 Å². The highest BCUT2D eigenvalue weighted by Gasteiger charge is 2.27. The van der Waals surface area contributed by atoms with Crippen LogP contribution in [0, 0.1) is 19.8 Å². The molecular weight excluding hydrogens is 400 g/mol. The minimum atomic E-state index is 0.0496. The molecule has 0 aliphatic carbocycles. The second-order valence-corrected chi connectivity index (χ2v) is 8.76. The van der Waals surface area contributed by atoms with Crippen LogP contribution >= 0.6 is 0 Å². The first-order valence-electron chi connectivity index (χ1n) is 11.5. The lowest BCUT2D eigenvalue weighted by Gasteiger charge is -2.31. The smallest absolute Gasteiger partial charge is 0.241 e. The lowest BCUT2D eigenvalue weighted by molar-refractivity contribution is -0.127. The van der Waals surface area contributed by atoms with Crippen molar-refractivity contribution in [1.82, 2.24) is 20.4 Å². The molecule has 1 N–H and O–H groups in total. The van der Waals surface area contributed by atoms with Crippen LogP contribution in [0.5, 0.6) is 0 Å². The first-order chi connectivity index (χ1) is 15.5. The molecule has 1 aliphatic heterocycles. The molecule has 1 fully saturated rings. The number of amides is 1. The molecule has 6 heteroatoms. The van der Waals surface area contributed by atoms with Gasteiger partial charge in [0.1, 0.15) is 0 Å². The number of aromatic nitrogens is 2. The summed E-state index contributed by atoms with van der Waals surface area (Å²) in [6, 6.07) is 16.4. The van der Waals surface area contributed by atoms with Gasteiger partial charge in [-0.3, -0.25) is 9.69 Å². The second kappa shape index (κ2) is 10.1. The number of benzene rings is 2. The standard InChI is InChI=1S/C26H32N4O2/c1-4-23(22-11-10-18(2)16-19(22)3)27-26(31)21-12-14-30(15-13-21)17-24-28-25(29-32-24)20-8-6-5-7-9-20/h5-11,16,21,23H,4,12-15,17H2,1-3H3,(H,27,31). The summed E-state index contributed by atoms with van der Waals surface area (Å²) < 4.78 is 5.45. The monoisotopic (exact) mass is 432 g/mol. The van der Waals surface area contributed by atoms with Crippen LogP contribution in [0.4, 0.5) is 0 Å². The third-order valence-electron chi connectivity index (χ3n) is 6.34. The maximum atomic E-state index is 13.0. The molecule has 0 bridgehead atoms. The highest BCUT2D eigenvalue weighted by molar-refractivity contribution is 5.79. The van der Waals surface area contributed by atoms with E-state index in [1.54, 1.807) is 0 Å². The average Bonchev–Trinajstić information content (AvgIpc) is 3.27. The van der Waals surface area contributed by atoms with E-state index >= 15 is 0 Å². The number of carbonyl (C=O) groups excluding carboxylic acids is 1. The summed E-state index contributed by atoms with van der Waals surface area (Å²) in [7, 11) is 0. The predicted octanol–water partition coefficient (Wildman–Crippen LogP) is 4.83. The van der Waals surface area contributed by atoms with Crippen LogP contribution in [-0.4, -0.2) is 34.0 Å². The summed E-state index contributed by atoms with van der Waals surface area (Å²) in [5, 5.41) is 7.40. The maximum Gasteiger partial charge on any atom is 0.241 e. The molecule has 1 unspecified atom stereocenters. The fraction of sp³-hybridized carbons (Fsp3) is 0.423. The molecule has 2 heterocycles. The van der Waals surface area contributed by atoms with Gasteiger partial charge in [0, 0.05) is 11.5 Å². The molecule has 1 amide bonds. The van der Waals surface area contributed by atoms with E-state index in [4.69, 9.17) is 4.52 Å². The molecule has 0 radical (unpaired) electrons. The zero-order chi connectivity index (χ0) is 22.5. The minimum Gasteiger partial charge on any atom is -0.349 e. The summed E-state index contributed by atoms with van der Waals surface area (Å²) in [6.45, 7) is 8.66. The molecule has 1 atom stereocenters. The first kappa shape index (κ1) is 22.2. The quantitative estimate of drug-likeness (QED) is 0.579. The van der Waals surface area contributed by atoms with Gasteiger partial charge in [0.15, 0.2) is 0 Å². The van der Waals surface area contributed by atoms with E-state index in [0.29, 0.717) is 18.3 Å². The highest BCUT2D eigenvalue weighted by atomic mass is 16.5. The van der Waals surface area contributed by atoms with Gasteiger partial charge in [-0.05, 0) is 57.3 Å². The summed E-state index contributed by atoms with van der Waals surface area (Å²) in [5.74, 6) is 1.45. The van der Waals surface area contributed by atoms with Crippen LogP contribution in [0.1, 0.15) is 54.8 Å². The van der Waals surface area contributed by atoms with Crippen LogP contribution in [0.2, 0.25) is 0 Å². The SMILES string of the molecule is CCC(NC(=O)C1CCN(Cc2nc(-c3ccccc3)no2)CC1)c1ccc(C)cc1C. The van der Waals surface area contributed by atoms with Crippen molar-refractivity contribution >= 4 is 5.91 Å². The number of nitrogens with zero attached hydrogens (tertiary/aromatic N) is 3. The fourth-order valence-corrected chi connectivity index (χ4v) is 4.47. The number of hydrogen-bond acceptors (Lipinski definition) is 5. The van der Waals surface area contributed by atoms with Gasteiger partial charge in [-0.15, -0.1) is 0 Å². The van der Waals surface area contributed by atoms with Crippen molar-refractivity contribution in [2.24, 2.45) is 5.92 Å². The zero-order valence-electron chi connectivity index (χ0n) is 19.2. The third kappa shape index (κ3) is 5.25. The predicted molar refractivity (Wildman–Crippen MR) is 125 cm³/mol. The van der Waals surface area contributed by atoms with E-state index in [0.717, 1.165) is 37.9 Å². The molecule has 168 valence electrons. The summed E-state index contributed by atoms with van der Waals surface area (Å²) in [6.07, 6.45) is 2.57. The molecule has 3 aromatic rings. The van der Waals surface area contributed by atoms with E-state index in [1.165, 1.54) is 16.7 Å². The summed E-state index contributed by atoms with van der Waals surface area (Å²) in [4.78, 5) is 19.8. The Bertz CT molecular complexity index is 1040. The van der Waals surface area contributed by atoms with Gasteiger partial charge in [0.2, 0.25) is 17.6 Å². The number of rotatable bonds is 7. The molecule has 6 nitrogen and oxygen atoms in total. The van der Waals surface area contributed by atoms with Crippen molar-refractivity contribution in [3.05, 3.63) is 71.1 Å². The number of nitrogens with one attached hydrogen (secondary N) is 1. The summed E-state index contributed by atoms with van der Waals surface area (Å²) >= 11 is 0. The van der Waals surface area contributed by atoms with Crippen LogP contribution in [0.3, 0.4) is 0 Å². The number of hydrogen-bond donors (Lipinski definition) is 1. The lowest BCUT2D eigenvalue weighted by Crippen LogP contribution is -2.41. The Kier molecular flexibility index (Phi) is 7.00. The van der Waals surface area contributed by atoms with E-state index < -0.39 is 0 Å². The average molecular weight is 433 g/mol. The second-order valence-electron chi connectivity index (χ2n) is 8.76. The van der Waals surface area contributed by atoms with Crippen molar-refractivity contribution in [3.63, 3.8) is 0 Å². The van der Waals surface area contributed by atoms with Crippen molar-refractivity contribution in [2.45, 2.75) is 52.6 Å². The van der Waals surface area contributed by atoms with Gasteiger partial charge < -0.3 is 9.84 Å². The number of piperidine rings is 1. The van der Waals surface area contributed by atoms with Gasteiger partial charge in [-0.25, -0.2) is 0 Å². The minimum absolute atomic E-state index is 0.0496. The van der Waals surface area contributed by atoms with Crippen LogP contribution < -0.4 is 5.32 Å². The molecular formula is C26H32N4O2. The van der Waals surface area contributed by atoms with Crippen molar-refractivity contribution < 1.29 is 9.32 Å². The van der Waals surface area contributed by atoms with Gasteiger partial charge in [0.25, 0.3) is 0 Å². The van der Waals surface area contributed by atoms with Crippen molar-refractivity contribution in [2.75, 3.05) is 13.1 Å². The van der Waals surface area contributed by atoms with Crippen molar-refractivity contribution in [1.29, 1.82) is 0 Å². The Morgan fingerprint density at radius 3 is 2.59 bits per heavy atom. The molecule has 0 saturated carbocycles. The molecule has 2 aromatic carbocycles. The maximum absolute atomic E-state index is 13.0. The Morgan fingerprint density at radius 2 is 1.91 bits per heavy atom. The highest BCUT2D eigenvalue weighted by Crippen LogP contribution is 2.25. The molecule has 32 heavy (non-hydrogen) atoms. The Morgan fingerprint density at radius 1 is 1.16 bits per heavy atom. The molecule has 1 aromatic heterocycles. The molecule has 4 rings (SSSR count). The normalized spacial score (nSPS) is 16.1. The Balaban J connectivity index is 1.29. The van der Waals surface area contributed by atoms with Crippen molar-refractivity contribution in [3.8, 4) is 11.4 Å². The van der Waals surface area contributed by atoms with E-state index in [9.17, 15) is 4.79 Å². The number of aryl methyl sites for hydroxylation is 2. The Labute approximate surface area is 190 Å². The zero-order valence-corrected chi connectivity index (χ0v) is 19.2. The largest absolute Gasteiger partial charge is 0.349 e. The molecule has 1 saturated heterocycles. The van der Waals surface area contributed by atoms with Gasteiger partial charge in [-0.1, -0.05) is 66.2 Å².